The first-order chi connectivity index (χ1) is 11.6. The summed E-state index contributed by atoms with van der Waals surface area (Å²) in [5.74, 6) is 0. The van der Waals surface area contributed by atoms with Gasteiger partial charge in [-0.3, -0.25) is 14.8 Å². The van der Waals surface area contributed by atoms with E-state index in [1.807, 2.05) is 31.6 Å². The second-order valence-electron chi connectivity index (χ2n) is 5.53. The molecule has 0 aliphatic rings. The van der Waals surface area contributed by atoms with Crippen molar-refractivity contribution in [1.82, 2.24) is 19.7 Å². The van der Waals surface area contributed by atoms with Gasteiger partial charge in [0, 0.05) is 59.8 Å². The number of nitro groups is 1. The fourth-order valence-corrected chi connectivity index (χ4v) is 2.76. The SMILES string of the molecule is Cn1cc(-c2cnc3[nH]cc(-c4cccc([N+](=O)[O-])c4)c3c2)cn1. The third-order valence-corrected chi connectivity index (χ3v) is 3.94. The third-order valence-electron chi connectivity index (χ3n) is 3.94. The molecule has 0 atom stereocenters. The molecule has 24 heavy (non-hydrogen) atoms. The van der Waals surface area contributed by atoms with Gasteiger partial charge in [0.2, 0.25) is 0 Å². The maximum atomic E-state index is 11.0. The minimum absolute atomic E-state index is 0.0678. The number of non-ortho nitro benzene ring substituents is 1. The molecule has 4 rings (SSSR count). The lowest BCUT2D eigenvalue weighted by Crippen LogP contribution is -1.88. The number of nitro benzene ring substituents is 1. The minimum atomic E-state index is -0.391. The molecule has 0 spiro atoms. The smallest absolute Gasteiger partial charge is 0.270 e. The molecular weight excluding hydrogens is 306 g/mol. The molecule has 0 aliphatic heterocycles. The topological polar surface area (TPSA) is 89.6 Å². The normalized spacial score (nSPS) is 11.0. The molecular formula is C17H13N5O2. The van der Waals surface area contributed by atoms with Crippen molar-refractivity contribution in [3.05, 3.63) is 65.2 Å². The Hall–Kier alpha value is -3.48. The van der Waals surface area contributed by atoms with Crippen LogP contribution in [0.25, 0.3) is 33.3 Å². The fraction of sp³-hybridized carbons (Fsp3) is 0.0588. The van der Waals surface area contributed by atoms with E-state index < -0.39 is 4.92 Å². The summed E-state index contributed by atoms with van der Waals surface area (Å²) in [6.45, 7) is 0. The Balaban J connectivity index is 1.87. The van der Waals surface area contributed by atoms with E-state index in [-0.39, 0.29) is 5.69 Å². The third kappa shape index (κ3) is 2.32. The molecule has 1 aromatic carbocycles. The van der Waals surface area contributed by atoms with Gasteiger partial charge in [-0.15, -0.1) is 0 Å². The number of nitrogens with one attached hydrogen (secondary N) is 1. The molecule has 4 aromatic rings. The van der Waals surface area contributed by atoms with Crippen molar-refractivity contribution < 1.29 is 4.92 Å². The molecule has 0 radical (unpaired) electrons. The van der Waals surface area contributed by atoms with E-state index in [1.54, 1.807) is 29.2 Å². The van der Waals surface area contributed by atoms with E-state index in [0.717, 1.165) is 33.3 Å². The van der Waals surface area contributed by atoms with Crippen LogP contribution in [-0.2, 0) is 7.05 Å². The number of nitrogens with zero attached hydrogens (tertiary/aromatic N) is 4. The van der Waals surface area contributed by atoms with Gasteiger partial charge in [0.05, 0.1) is 11.1 Å². The van der Waals surface area contributed by atoms with Crippen LogP contribution in [0.5, 0.6) is 0 Å². The average Bonchev–Trinajstić information content (AvgIpc) is 3.20. The van der Waals surface area contributed by atoms with Gasteiger partial charge in [-0.2, -0.15) is 5.10 Å². The largest absolute Gasteiger partial charge is 0.346 e. The summed E-state index contributed by atoms with van der Waals surface area (Å²) in [4.78, 5) is 18.2. The number of fused-ring (bicyclic) bond motifs is 1. The van der Waals surface area contributed by atoms with Crippen LogP contribution in [0.3, 0.4) is 0 Å². The van der Waals surface area contributed by atoms with E-state index >= 15 is 0 Å². The van der Waals surface area contributed by atoms with Crippen LogP contribution in [-0.4, -0.2) is 24.7 Å². The van der Waals surface area contributed by atoms with Gasteiger partial charge in [0.25, 0.3) is 5.69 Å². The molecule has 7 heteroatoms. The number of aryl methyl sites for hydroxylation is 1. The van der Waals surface area contributed by atoms with Crippen molar-refractivity contribution in [2.75, 3.05) is 0 Å². The fourth-order valence-electron chi connectivity index (χ4n) is 2.76. The van der Waals surface area contributed by atoms with Crippen molar-refractivity contribution in [2.45, 2.75) is 0 Å². The highest BCUT2D eigenvalue weighted by molar-refractivity contribution is 5.96. The first-order valence-electron chi connectivity index (χ1n) is 7.33. The molecule has 118 valence electrons. The quantitative estimate of drug-likeness (QED) is 0.462. The highest BCUT2D eigenvalue weighted by Crippen LogP contribution is 2.32. The van der Waals surface area contributed by atoms with Crippen LogP contribution in [0.15, 0.2) is 55.1 Å². The van der Waals surface area contributed by atoms with Crippen molar-refractivity contribution in [1.29, 1.82) is 0 Å². The highest BCUT2D eigenvalue weighted by atomic mass is 16.6. The lowest BCUT2D eigenvalue weighted by atomic mass is 10.0. The highest BCUT2D eigenvalue weighted by Gasteiger charge is 2.12. The van der Waals surface area contributed by atoms with E-state index in [9.17, 15) is 10.1 Å². The predicted molar refractivity (Wildman–Crippen MR) is 90.4 cm³/mol. The number of aromatic amines is 1. The summed E-state index contributed by atoms with van der Waals surface area (Å²) < 4.78 is 1.73. The van der Waals surface area contributed by atoms with Crippen molar-refractivity contribution in [3.63, 3.8) is 0 Å². The minimum Gasteiger partial charge on any atom is -0.346 e. The van der Waals surface area contributed by atoms with Gasteiger partial charge in [0.15, 0.2) is 0 Å². The molecule has 0 saturated carbocycles. The molecule has 7 nitrogen and oxygen atoms in total. The number of aromatic nitrogens is 4. The monoisotopic (exact) mass is 319 g/mol. The number of hydrogen-bond acceptors (Lipinski definition) is 4. The summed E-state index contributed by atoms with van der Waals surface area (Å²) in [7, 11) is 1.86. The zero-order chi connectivity index (χ0) is 16.7. The number of pyridine rings is 1. The van der Waals surface area contributed by atoms with Crippen LogP contribution in [0, 0.1) is 10.1 Å². The predicted octanol–water partition coefficient (Wildman–Crippen LogP) is 3.54. The molecule has 3 heterocycles. The van der Waals surface area contributed by atoms with E-state index in [0.29, 0.717) is 0 Å². The first kappa shape index (κ1) is 14.1. The average molecular weight is 319 g/mol. The Morgan fingerprint density at radius 2 is 2.04 bits per heavy atom. The standard InChI is InChI=1S/C17H13N5O2/c1-21-10-13(8-20-21)12-6-15-16(9-19-17(15)18-7-12)11-3-2-4-14(5-11)22(23)24/h2-10H,1H3,(H,18,19). The summed E-state index contributed by atoms with van der Waals surface area (Å²) in [6.07, 6.45) is 7.31. The zero-order valence-corrected chi connectivity index (χ0v) is 12.8. The van der Waals surface area contributed by atoms with E-state index in [4.69, 9.17) is 0 Å². The number of hydrogen-bond donors (Lipinski definition) is 1. The Labute approximate surface area is 136 Å². The molecule has 3 aromatic heterocycles. The second kappa shape index (κ2) is 5.31. The van der Waals surface area contributed by atoms with Gasteiger partial charge in [-0.1, -0.05) is 12.1 Å². The van der Waals surface area contributed by atoms with Gasteiger partial charge in [-0.05, 0) is 11.6 Å². The molecule has 0 amide bonds. The Morgan fingerprint density at radius 1 is 1.17 bits per heavy atom. The van der Waals surface area contributed by atoms with E-state index in [2.05, 4.69) is 15.1 Å². The van der Waals surface area contributed by atoms with Crippen molar-refractivity contribution in [3.8, 4) is 22.3 Å². The zero-order valence-electron chi connectivity index (χ0n) is 12.8. The number of H-pyrrole nitrogens is 1. The summed E-state index contributed by atoms with van der Waals surface area (Å²) in [5, 5.41) is 16.1. The number of rotatable bonds is 3. The first-order valence-corrected chi connectivity index (χ1v) is 7.33. The maximum Gasteiger partial charge on any atom is 0.270 e. The van der Waals surface area contributed by atoms with Gasteiger partial charge in [-0.25, -0.2) is 4.98 Å². The van der Waals surface area contributed by atoms with Crippen LogP contribution in [0.4, 0.5) is 5.69 Å². The molecule has 0 saturated heterocycles. The van der Waals surface area contributed by atoms with Crippen LogP contribution in [0.1, 0.15) is 0 Å². The maximum absolute atomic E-state index is 11.0. The summed E-state index contributed by atoms with van der Waals surface area (Å²) in [6, 6.07) is 8.61. The summed E-state index contributed by atoms with van der Waals surface area (Å²) in [5.41, 5.74) is 4.38. The molecule has 0 bridgehead atoms. The van der Waals surface area contributed by atoms with Crippen LogP contribution < -0.4 is 0 Å². The second-order valence-corrected chi connectivity index (χ2v) is 5.53. The Bertz CT molecular complexity index is 1060. The molecule has 0 fully saturated rings. The van der Waals surface area contributed by atoms with Gasteiger partial charge < -0.3 is 4.98 Å². The molecule has 0 unspecified atom stereocenters. The van der Waals surface area contributed by atoms with Gasteiger partial charge >= 0.3 is 0 Å². The molecule has 1 N–H and O–H groups in total. The summed E-state index contributed by atoms with van der Waals surface area (Å²) >= 11 is 0. The number of benzene rings is 1. The molecule has 0 aliphatic carbocycles. The lowest BCUT2D eigenvalue weighted by molar-refractivity contribution is -0.384. The van der Waals surface area contributed by atoms with Crippen LogP contribution >= 0.6 is 0 Å². The van der Waals surface area contributed by atoms with Crippen molar-refractivity contribution in [2.24, 2.45) is 7.05 Å². The van der Waals surface area contributed by atoms with Crippen LogP contribution in [0.2, 0.25) is 0 Å². The van der Waals surface area contributed by atoms with Gasteiger partial charge in [0.1, 0.15) is 5.65 Å². The Kier molecular flexibility index (Phi) is 3.13. The lowest BCUT2D eigenvalue weighted by Gasteiger charge is -2.02. The van der Waals surface area contributed by atoms with E-state index in [1.165, 1.54) is 6.07 Å². The van der Waals surface area contributed by atoms with Crippen molar-refractivity contribution >= 4 is 16.7 Å². The Morgan fingerprint density at radius 3 is 2.79 bits per heavy atom.